The quantitative estimate of drug-likeness (QED) is 0.303. The minimum absolute atomic E-state index is 0.0747. The first-order valence-electron chi connectivity index (χ1n) is 14.1. The molecule has 7 heteroatoms. The SMILES string of the molecule is CC(=O)CNC1(c2ccccc2)CCN(CC2CC2(C(=O)NCCc2ccccc2Cl)c2ccc(Cl)cc2)CC1. The molecular weight excluding hydrogens is 541 g/mol. The van der Waals surface area contributed by atoms with E-state index in [0.717, 1.165) is 55.0 Å². The van der Waals surface area contributed by atoms with Crippen molar-refractivity contribution in [1.82, 2.24) is 15.5 Å². The third-order valence-electron chi connectivity index (χ3n) is 8.70. The molecule has 2 fully saturated rings. The summed E-state index contributed by atoms with van der Waals surface area (Å²) in [5, 5.41) is 8.19. The fourth-order valence-corrected chi connectivity index (χ4v) is 6.63. The molecule has 0 bridgehead atoms. The summed E-state index contributed by atoms with van der Waals surface area (Å²) in [6, 6.07) is 26.0. The largest absolute Gasteiger partial charge is 0.355 e. The topological polar surface area (TPSA) is 61.4 Å². The summed E-state index contributed by atoms with van der Waals surface area (Å²) in [6.45, 7) is 5.20. The third-order valence-corrected chi connectivity index (χ3v) is 9.32. The molecule has 0 spiro atoms. The maximum absolute atomic E-state index is 13.7. The van der Waals surface area contributed by atoms with Crippen molar-refractivity contribution in [2.24, 2.45) is 5.92 Å². The number of Topliss-reactive ketones (excluding diaryl/α,β-unsaturated/α-hetero) is 1. The zero-order valence-electron chi connectivity index (χ0n) is 23.0. The molecule has 1 saturated heterocycles. The van der Waals surface area contributed by atoms with E-state index in [9.17, 15) is 9.59 Å². The normalized spacial score (nSPS) is 22.0. The number of nitrogens with one attached hydrogen (secondary N) is 2. The zero-order valence-corrected chi connectivity index (χ0v) is 24.5. The van der Waals surface area contributed by atoms with Crippen molar-refractivity contribution in [3.05, 3.63) is 106 Å². The predicted molar refractivity (Wildman–Crippen MR) is 162 cm³/mol. The molecule has 1 aliphatic carbocycles. The number of carbonyl (C=O) groups is 2. The molecule has 0 aromatic heterocycles. The molecule has 1 aliphatic heterocycles. The highest BCUT2D eigenvalue weighted by Gasteiger charge is 2.61. The second-order valence-electron chi connectivity index (χ2n) is 11.3. The van der Waals surface area contributed by atoms with Gasteiger partial charge in [0.1, 0.15) is 5.78 Å². The van der Waals surface area contributed by atoms with Gasteiger partial charge in [0.25, 0.3) is 0 Å². The van der Waals surface area contributed by atoms with Gasteiger partial charge in [-0.1, -0.05) is 83.9 Å². The van der Waals surface area contributed by atoms with Crippen molar-refractivity contribution in [3.63, 3.8) is 0 Å². The van der Waals surface area contributed by atoms with E-state index in [4.69, 9.17) is 23.2 Å². The standard InChI is InChI=1S/C33H37Cl2N3O2/c1-24(39)22-37-32(26-8-3-2-4-9-26)16-19-38(20-17-32)23-28-21-33(28,27-11-13-29(34)14-12-27)31(40)36-18-15-25-7-5-6-10-30(25)35/h2-14,28,37H,15-23H2,1H3,(H,36,40). The first-order chi connectivity index (χ1) is 19.3. The van der Waals surface area contributed by atoms with Crippen LogP contribution in [0, 0.1) is 5.92 Å². The number of rotatable bonds is 11. The van der Waals surface area contributed by atoms with Gasteiger partial charge in [0.15, 0.2) is 0 Å². The van der Waals surface area contributed by atoms with Crippen molar-refractivity contribution in [2.75, 3.05) is 32.7 Å². The third kappa shape index (κ3) is 6.28. The van der Waals surface area contributed by atoms with E-state index in [1.165, 1.54) is 5.56 Å². The number of piperidine rings is 1. The summed E-state index contributed by atoms with van der Waals surface area (Å²) in [6.07, 6.45) is 3.33. The van der Waals surface area contributed by atoms with Crippen LogP contribution in [0.2, 0.25) is 10.0 Å². The Morgan fingerprint density at radius 2 is 1.57 bits per heavy atom. The maximum atomic E-state index is 13.7. The van der Waals surface area contributed by atoms with E-state index in [2.05, 4.69) is 39.8 Å². The molecule has 2 atom stereocenters. The van der Waals surface area contributed by atoms with Crippen LogP contribution in [0.4, 0.5) is 0 Å². The lowest BCUT2D eigenvalue weighted by Gasteiger charge is -2.43. The van der Waals surface area contributed by atoms with Crippen molar-refractivity contribution >= 4 is 34.9 Å². The van der Waals surface area contributed by atoms with Gasteiger partial charge in [-0.3, -0.25) is 9.59 Å². The van der Waals surface area contributed by atoms with E-state index in [0.29, 0.717) is 24.5 Å². The lowest BCUT2D eigenvalue weighted by Crippen LogP contribution is -2.52. The summed E-state index contributed by atoms with van der Waals surface area (Å²) in [4.78, 5) is 28.0. The molecule has 40 heavy (non-hydrogen) atoms. The molecule has 210 valence electrons. The molecule has 1 heterocycles. The van der Waals surface area contributed by atoms with E-state index < -0.39 is 5.41 Å². The van der Waals surface area contributed by atoms with Gasteiger partial charge in [-0.25, -0.2) is 0 Å². The number of hydrogen-bond acceptors (Lipinski definition) is 4. The van der Waals surface area contributed by atoms with Crippen molar-refractivity contribution < 1.29 is 9.59 Å². The first kappa shape index (κ1) is 28.8. The second-order valence-corrected chi connectivity index (χ2v) is 12.1. The van der Waals surface area contributed by atoms with Gasteiger partial charge in [0, 0.05) is 41.8 Å². The molecule has 3 aromatic carbocycles. The number of likely N-dealkylation sites (tertiary alicyclic amines) is 1. The number of ketones is 1. The average molecular weight is 579 g/mol. The van der Waals surface area contributed by atoms with Crippen molar-refractivity contribution in [3.8, 4) is 0 Å². The van der Waals surface area contributed by atoms with E-state index >= 15 is 0 Å². The summed E-state index contributed by atoms with van der Waals surface area (Å²) < 4.78 is 0. The zero-order chi connectivity index (χ0) is 28.2. The van der Waals surface area contributed by atoms with Crippen LogP contribution in [0.15, 0.2) is 78.9 Å². The predicted octanol–water partition coefficient (Wildman–Crippen LogP) is 5.78. The van der Waals surface area contributed by atoms with Crippen LogP contribution in [0.25, 0.3) is 0 Å². The smallest absolute Gasteiger partial charge is 0.231 e. The number of hydrogen-bond donors (Lipinski definition) is 2. The van der Waals surface area contributed by atoms with Crippen LogP contribution in [0.1, 0.15) is 42.9 Å². The molecule has 1 amide bonds. The molecule has 0 radical (unpaired) electrons. The molecule has 2 aliphatic rings. The molecule has 2 unspecified atom stereocenters. The van der Waals surface area contributed by atoms with Gasteiger partial charge in [0.05, 0.1) is 12.0 Å². The maximum Gasteiger partial charge on any atom is 0.231 e. The molecule has 3 aromatic rings. The number of benzene rings is 3. The Hall–Kier alpha value is -2.70. The van der Waals surface area contributed by atoms with Gasteiger partial charge in [-0.15, -0.1) is 0 Å². The average Bonchev–Trinajstić information content (AvgIpc) is 3.69. The van der Waals surface area contributed by atoms with E-state index in [1.807, 2.05) is 54.6 Å². The first-order valence-corrected chi connectivity index (χ1v) is 14.9. The Morgan fingerprint density at radius 3 is 2.25 bits per heavy atom. The van der Waals surface area contributed by atoms with Gasteiger partial charge >= 0.3 is 0 Å². The van der Waals surface area contributed by atoms with Crippen LogP contribution in [0.5, 0.6) is 0 Å². The number of carbonyl (C=O) groups excluding carboxylic acids is 2. The molecule has 5 nitrogen and oxygen atoms in total. The van der Waals surface area contributed by atoms with Crippen molar-refractivity contribution in [2.45, 2.75) is 43.6 Å². The Balaban J connectivity index is 1.26. The van der Waals surface area contributed by atoms with Crippen molar-refractivity contribution in [1.29, 1.82) is 0 Å². The highest BCUT2D eigenvalue weighted by molar-refractivity contribution is 6.31. The summed E-state index contributed by atoms with van der Waals surface area (Å²) >= 11 is 12.5. The lowest BCUT2D eigenvalue weighted by molar-refractivity contribution is -0.124. The Kier molecular flexibility index (Phi) is 8.96. The van der Waals surface area contributed by atoms with Gasteiger partial charge < -0.3 is 15.5 Å². The van der Waals surface area contributed by atoms with Crippen LogP contribution in [0.3, 0.4) is 0 Å². The number of halogens is 2. The highest BCUT2D eigenvalue weighted by Crippen LogP contribution is 2.55. The summed E-state index contributed by atoms with van der Waals surface area (Å²) in [5.41, 5.74) is 2.53. The lowest BCUT2D eigenvalue weighted by atomic mass is 9.80. The monoisotopic (exact) mass is 577 g/mol. The summed E-state index contributed by atoms with van der Waals surface area (Å²) in [7, 11) is 0. The van der Waals surface area contributed by atoms with Crippen LogP contribution < -0.4 is 10.6 Å². The Morgan fingerprint density at radius 1 is 0.900 bits per heavy atom. The van der Waals surface area contributed by atoms with Gasteiger partial charge in [0.2, 0.25) is 5.91 Å². The molecule has 5 rings (SSSR count). The molecule has 1 saturated carbocycles. The van der Waals surface area contributed by atoms with Gasteiger partial charge in [-0.05, 0) is 73.4 Å². The van der Waals surface area contributed by atoms with Crippen LogP contribution in [-0.4, -0.2) is 49.3 Å². The number of nitrogens with zero attached hydrogens (tertiary/aromatic N) is 1. The fraction of sp³-hybridized carbons (Fsp3) is 0.394. The Labute approximate surface area is 247 Å². The van der Waals surface area contributed by atoms with E-state index in [1.54, 1.807) is 6.92 Å². The highest BCUT2D eigenvalue weighted by atomic mass is 35.5. The second kappa shape index (κ2) is 12.4. The van der Waals surface area contributed by atoms with Crippen LogP contribution in [-0.2, 0) is 27.0 Å². The minimum atomic E-state index is -0.550. The fourth-order valence-electron chi connectivity index (χ4n) is 6.28. The Bertz CT molecular complexity index is 1320. The van der Waals surface area contributed by atoms with Gasteiger partial charge in [-0.2, -0.15) is 0 Å². The number of amides is 1. The minimum Gasteiger partial charge on any atom is -0.355 e. The van der Waals surface area contributed by atoms with Crippen LogP contribution >= 0.6 is 23.2 Å². The summed E-state index contributed by atoms with van der Waals surface area (Å²) in [5.74, 6) is 0.443. The molecular formula is C33H37Cl2N3O2. The van der Waals surface area contributed by atoms with E-state index in [-0.39, 0.29) is 23.1 Å². The molecule has 2 N–H and O–H groups in total.